The van der Waals surface area contributed by atoms with Gasteiger partial charge in [-0.05, 0) is 50.8 Å². The average Bonchev–Trinajstić information content (AvgIpc) is 3.43. The minimum Gasteiger partial charge on any atom is -0.395 e. The van der Waals surface area contributed by atoms with Crippen LogP contribution in [0.1, 0.15) is 53.2 Å². The number of pyridine rings is 1. The number of carbonyl (C=O) groups is 1. The summed E-state index contributed by atoms with van der Waals surface area (Å²) in [7, 11) is 0. The van der Waals surface area contributed by atoms with Crippen molar-refractivity contribution >= 4 is 16.8 Å². The van der Waals surface area contributed by atoms with Crippen molar-refractivity contribution in [2.24, 2.45) is 0 Å². The molecule has 1 heterocycles. The van der Waals surface area contributed by atoms with Crippen LogP contribution >= 0.6 is 0 Å². The molecule has 2 saturated carbocycles. The van der Waals surface area contributed by atoms with E-state index in [9.17, 15) is 9.90 Å². The molecule has 0 bridgehead atoms. The van der Waals surface area contributed by atoms with Gasteiger partial charge in [0.1, 0.15) is 0 Å². The predicted octanol–water partition coefficient (Wildman–Crippen LogP) is 3.02. The molecule has 0 atom stereocenters. The van der Waals surface area contributed by atoms with Crippen LogP contribution in [0.2, 0.25) is 0 Å². The largest absolute Gasteiger partial charge is 0.395 e. The second-order valence-electron chi connectivity index (χ2n) is 6.84. The molecule has 120 valence electrons. The summed E-state index contributed by atoms with van der Waals surface area (Å²) in [5, 5.41) is 10.2. The van der Waals surface area contributed by atoms with E-state index in [1.807, 2.05) is 30.0 Å². The molecule has 1 aromatic heterocycles. The van der Waals surface area contributed by atoms with Crippen LogP contribution in [0.15, 0.2) is 24.3 Å². The quantitative estimate of drug-likeness (QED) is 0.923. The SMILES string of the molecule is Cc1ccc2nc(C3CC3)cc(C(=O)N(CCO)C3CC3)c2c1. The number of nitrogens with zero attached hydrogens (tertiary/aromatic N) is 2. The highest BCUT2D eigenvalue weighted by molar-refractivity contribution is 6.06. The summed E-state index contributed by atoms with van der Waals surface area (Å²) >= 11 is 0. The molecule has 23 heavy (non-hydrogen) atoms. The van der Waals surface area contributed by atoms with Crippen LogP contribution in [0.5, 0.6) is 0 Å². The predicted molar refractivity (Wildman–Crippen MR) is 89.6 cm³/mol. The second kappa shape index (κ2) is 5.60. The Balaban J connectivity index is 1.82. The standard InChI is InChI=1S/C19H22N2O2/c1-12-2-7-17-15(10-12)16(11-18(20-17)13-3-4-13)19(23)21(8-9-22)14-5-6-14/h2,7,10-11,13-14,22H,3-6,8-9H2,1H3. The van der Waals surface area contributed by atoms with Gasteiger partial charge < -0.3 is 10.0 Å². The van der Waals surface area contributed by atoms with Crippen molar-refractivity contribution < 1.29 is 9.90 Å². The Hall–Kier alpha value is -1.94. The van der Waals surface area contributed by atoms with Gasteiger partial charge >= 0.3 is 0 Å². The Morgan fingerprint density at radius 1 is 1.26 bits per heavy atom. The first-order valence-electron chi connectivity index (χ1n) is 8.50. The van der Waals surface area contributed by atoms with Gasteiger partial charge in [0.05, 0.1) is 17.7 Å². The van der Waals surface area contributed by atoms with E-state index in [1.54, 1.807) is 0 Å². The summed E-state index contributed by atoms with van der Waals surface area (Å²) in [6, 6.07) is 8.41. The van der Waals surface area contributed by atoms with Crippen molar-refractivity contribution in [2.75, 3.05) is 13.2 Å². The number of rotatable bonds is 5. The minimum absolute atomic E-state index is 0.0137. The van der Waals surface area contributed by atoms with E-state index in [4.69, 9.17) is 4.98 Å². The number of aliphatic hydroxyl groups excluding tert-OH is 1. The molecule has 1 N–H and O–H groups in total. The molecule has 2 aliphatic carbocycles. The molecule has 2 fully saturated rings. The smallest absolute Gasteiger partial charge is 0.254 e. The number of benzene rings is 1. The van der Waals surface area contributed by atoms with Crippen molar-refractivity contribution in [3.05, 3.63) is 41.1 Å². The highest BCUT2D eigenvalue weighted by Crippen LogP contribution is 2.40. The van der Waals surface area contributed by atoms with Gasteiger partial charge in [0.15, 0.2) is 0 Å². The maximum Gasteiger partial charge on any atom is 0.254 e. The van der Waals surface area contributed by atoms with Gasteiger partial charge in [0, 0.05) is 29.6 Å². The highest BCUT2D eigenvalue weighted by Gasteiger charge is 2.34. The summed E-state index contributed by atoms with van der Waals surface area (Å²) in [5.41, 5.74) is 3.83. The number of carbonyl (C=O) groups excluding carboxylic acids is 1. The van der Waals surface area contributed by atoms with E-state index in [-0.39, 0.29) is 12.5 Å². The number of aryl methyl sites for hydroxylation is 1. The van der Waals surface area contributed by atoms with Gasteiger partial charge in [-0.2, -0.15) is 0 Å². The van der Waals surface area contributed by atoms with Crippen LogP contribution in [0.25, 0.3) is 10.9 Å². The molecule has 1 aromatic carbocycles. The van der Waals surface area contributed by atoms with E-state index in [2.05, 4.69) is 6.07 Å². The minimum atomic E-state index is 0.0137. The molecule has 0 radical (unpaired) electrons. The average molecular weight is 310 g/mol. The molecule has 0 unspecified atom stereocenters. The van der Waals surface area contributed by atoms with Crippen LogP contribution in [0.4, 0.5) is 0 Å². The summed E-state index contributed by atoms with van der Waals surface area (Å²) < 4.78 is 0. The number of aliphatic hydroxyl groups is 1. The van der Waals surface area contributed by atoms with Gasteiger partial charge in [-0.3, -0.25) is 9.78 Å². The van der Waals surface area contributed by atoms with Crippen molar-refractivity contribution in [3.8, 4) is 0 Å². The first-order chi connectivity index (χ1) is 11.2. The molecule has 4 heteroatoms. The fourth-order valence-corrected chi connectivity index (χ4v) is 3.22. The van der Waals surface area contributed by atoms with Gasteiger partial charge in [-0.15, -0.1) is 0 Å². The normalized spacial score (nSPS) is 17.5. The lowest BCUT2D eigenvalue weighted by atomic mass is 10.0. The Labute approximate surface area is 136 Å². The van der Waals surface area contributed by atoms with Crippen LogP contribution < -0.4 is 0 Å². The lowest BCUT2D eigenvalue weighted by Gasteiger charge is -2.22. The van der Waals surface area contributed by atoms with Crippen LogP contribution in [-0.2, 0) is 0 Å². The molecule has 2 aromatic rings. The topological polar surface area (TPSA) is 53.4 Å². The van der Waals surface area contributed by atoms with Gasteiger partial charge in [-0.25, -0.2) is 0 Å². The first-order valence-corrected chi connectivity index (χ1v) is 8.50. The highest BCUT2D eigenvalue weighted by atomic mass is 16.3. The molecule has 0 aliphatic heterocycles. The summed E-state index contributed by atoms with van der Waals surface area (Å²) in [6.45, 7) is 2.46. The fraction of sp³-hybridized carbons (Fsp3) is 0.474. The Morgan fingerprint density at radius 2 is 2.04 bits per heavy atom. The molecule has 0 saturated heterocycles. The maximum atomic E-state index is 13.1. The molecule has 4 rings (SSSR count). The number of hydrogen-bond acceptors (Lipinski definition) is 3. The summed E-state index contributed by atoms with van der Waals surface area (Å²) in [5.74, 6) is 0.556. The van der Waals surface area contributed by atoms with Crippen LogP contribution in [0.3, 0.4) is 0 Å². The zero-order valence-corrected chi connectivity index (χ0v) is 13.5. The second-order valence-corrected chi connectivity index (χ2v) is 6.84. The van der Waals surface area contributed by atoms with E-state index in [0.717, 1.165) is 40.6 Å². The molecular weight excluding hydrogens is 288 g/mol. The monoisotopic (exact) mass is 310 g/mol. The Kier molecular flexibility index (Phi) is 3.57. The van der Waals surface area contributed by atoms with E-state index < -0.39 is 0 Å². The van der Waals surface area contributed by atoms with Crippen molar-refractivity contribution in [2.45, 2.75) is 44.6 Å². The molecule has 4 nitrogen and oxygen atoms in total. The van der Waals surface area contributed by atoms with Crippen molar-refractivity contribution in [3.63, 3.8) is 0 Å². The van der Waals surface area contributed by atoms with Gasteiger partial charge in [-0.1, -0.05) is 11.6 Å². The van der Waals surface area contributed by atoms with Gasteiger partial charge in [0.25, 0.3) is 5.91 Å². The number of fused-ring (bicyclic) bond motifs is 1. The van der Waals surface area contributed by atoms with Crippen molar-refractivity contribution in [1.29, 1.82) is 0 Å². The van der Waals surface area contributed by atoms with Crippen LogP contribution in [0, 0.1) is 6.92 Å². The summed E-state index contributed by atoms with van der Waals surface area (Å²) in [4.78, 5) is 19.7. The summed E-state index contributed by atoms with van der Waals surface area (Å²) in [6.07, 6.45) is 4.43. The number of amides is 1. The molecule has 1 amide bonds. The lowest BCUT2D eigenvalue weighted by Crippen LogP contribution is -2.35. The first kappa shape index (κ1) is 14.6. The Morgan fingerprint density at radius 3 is 2.70 bits per heavy atom. The molecular formula is C19H22N2O2. The number of hydrogen-bond donors (Lipinski definition) is 1. The fourth-order valence-electron chi connectivity index (χ4n) is 3.22. The molecule has 0 spiro atoms. The zero-order chi connectivity index (χ0) is 16.0. The van der Waals surface area contributed by atoms with E-state index >= 15 is 0 Å². The Bertz CT molecular complexity index is 763. The third-order valence-electron chi connectivity index (χ3n) is 4.80. The van der Waals surface area contributed by atoms with Crippen LogP contribution in [-0.4, -0.2) is 40.1 Å². The van der Waals surface area contributed by atoms with E-state index in [0.29, 0.717) is 18.5 Å². The van der Waals surface area contributed by atoms with Gasteiger partial charge in [0.2, 0.25) is 0 Å². The number of aromatic nitrogens is 1. The maximum absolute atomic E-state index is 13.1. The zero-order valence-electron chi connectivity index (χ0n) is 13.5. The lowest BCUT2D eigenvalue weighted by molar-refractivity contribution is 0.0709. The third-order valence-corrected chi connectivity index (χ3v) is 4.80. The third kappa shape index (κ3) is 2.83. The van der Waals surface area contributed by atoms with E-state index in [1.165, 1.54) is 12.8 Å². The van der Waals surface area contributed by atoms with Crippen molar-refractivity contribution in [1.82, 2.24) is 9.88 Å². The molecule has 2 aliphatic rings.